The summed E-state index contributed by atoms with van der Waals surface area (Å²) in [5, 5.41) is 5.49. The molecule has 1 saturated carbocycles. The van der Waals surface area contributed by atoms with Crippen molar-refractivity contribution < 1.29 is 18.0 Å². The number of hydrogen-bond donors (Lipinski definition) is 2. The first-order valence-corrected chi connectivity index (χ1v) is 10.8. The van der Waals surface area contributed by atoms with Crippen molar-refractivity contribution in [3.05, 3.63) is 65.0 Å². The molecule has 1 atom stereocenters. The SMILES string of the molecule is [B]C([B])(Nc1nc(C(F)(F)F)ncc1C(=O)NC(/C=C/SC)C1CC1)c1ccccc1. The van der Waals surface area contributed by atoms with Gasteiger partial charge in [-0.1, -0.05) is 36.4 Å². The summed E-state index contributed by atoms with van der Waals surface area (Å²) < 4.78 is 39.6. The molecule has 4 radical (unpaired) electrons. The fourth-order valence-corrected chi connectivity index (χ4v) is 3.26. The summed E-state index contributed by atoms with van der Waals surface area (Å²) in [6.45, 7) is 0. The summed E-state index contributed by atoms with van der Waals surface area (Å²) in [5.41, 5.74) is 0.208. The number of anilines is 1. The second-order valence-electron chi connectivity index (χ2n) is 7.21. The number of benzene rings is 1. The first-order chi connectivity index (χ1) is 14.6. The molecule has 0 spiro atoms. The maximum atomic E-state index is 13.2. The van der Waals surface area contributed by atoms with Crippen LogP contribution in [0.25, 0.3) is 0 Å². The van der Waals surface area contributed by atoms with Gasteiger partial charge in [0, 0.05) is 6.20 Å². The Morgan fingerprint density at radius 2 is 1.94 bits per heavy atom. The molecule has 1 aromatic heterocycles. The van der Waals surface area contributed by atoms with E-state index in [1.807, 2.05) is 17.7 Å². The number of aromatic nitrogens is 2. The smallest absolute Gasteiger partial charge is 0.377 e. The van der Waals surface area contributed by atoms with E-state index in [0.29, 0.717) is 5.56 Å². The van der Waals surface area contributed by atoms with Crippen molar-refractivity contribution in [2.24, 2.45) is 5.92 Å². The van der Waals surface area contributed by atoms with E-state index >= 15 is 0 Å². The summed E-state index contributed by atoms with van der Waals surface area (Å²) in [5.74, 6) is -2.15. The van der Waals surface area contributed by atoms with E-state index in [1.54, 1.807) is 30.3 Å². The number of rotatable bonds is 8. The predicted molar refractivity (Wildman–Crippen MR) is 117 cm³/mol. The number of halogens is 3. The number of alkyl halides is 3. The summed E-state index contributed by atoms with van der Waals surface area (Å²) >= 11 is 1.48. The minimum absolute atomic E-state index is 0.188. The Balaban J connectivity index is 1.94. The molecule has 1 unspecified atom stereocenters. The zero-order chi connectivity index (χ0) is 22.6. The van der Waals surface area contributed by atoms with Crippen LogP contribution < -0.4 is 10.6 Å². The molecular weight excluding hydrogens is 423 g/mol. The van der Waals surface area contributed by atoms with E-state index in [4.69, 9.17) is 15.7 Å². The van der Waals surface area contributed by atoms with Crippen LogP contribution in [0.5, 0.6) is 0 Å². The molecular formula is C20H19B2F3N4OS. The fourth-order valence-electron chi connectivity index (χ4n) is 2.93. The van der Waals surface area contributed by atoms with Crippen LogP contribution in [-0.4, -0.2) is 43.9 Å². The largest absolute Gasteiger partial charge is 0.451 e. The molecule has 0 aliphatic heterocycles. The molecule has 31 heavy (non-hydrogen) atoms. The maximum absolute atomic E-state index is 13.2. The molecule has 2 aromatic rings. The summed E-state index contributed by atoms with van der Waals surface area (Å²) in [6, 6.07) is 8.07. The first kappa shape index (κ1) is 23.2. The second kappa shape index (κ2) is 9.38. The quantitative estimate of drug-likeness (QED) is 0.614. The molecule has 2 N–H and O–H groups in total. The zero-order valence-electron chi connectivity index (χ0n) is 16.7. The summed E-state index contributed by atoms with van der Waals surface area (Å²) in [6.07, 6.45) is 1.69. The normalized spacial score (nSPS) is 15.6. The Hall–Kier alpha value is -2.42. The number of thioether (sulfide) groups is 1. The fraction of sp³-hybridized carbons (Fsp3) is 0.350. The highest BCUT2D eigenvalue weighted by molar-refractivity contribution is 8.01. The predicted octanol–water partition coefficient (Wildman–Crippen LogP) is 3.44. The molecule has 1 heterocycles. The second-order valence-corrected chi connectivity index (χ2v) is 7.96. The monoisotopic (exact) mass is 442 g/mol. The van der Waals surface area contributed by atoms with E-state index in [-0.39, 0.29) is 17.5 Å². The van der Waals surface area contributed by atoms with Crippen LogP contribution >= 0.6 is 11.8 Å². The van der Waals surface area contributed by atoms with Crippen LogP contribution in [0.2, 0.25) is 0 Å². The molecule has 1 fully saturated rings. The number of nitrogens with zero attached hydrogens (tertiary/aromatic N) is 2. The van der Waals surface area contributed by atoms with Crippen LogP contribution in [0.15, 0.2) is 48.0 Å². The van der Waals surface area contributed by atoms with Gasteiger partial charge in [0.1, 0.15) is 11.4 Å². The van der Waals surface area contributed by atoms with E-state index in [9.17, 15) is 18.0 Å². The van der Waals surface area contributed by atoms with Crippen LogP contribution in [0.1, 0.15) is 34.6 Å². The van der Waals surface area contributed by atoms with Crippen molar-refractivity contribution in [3.8, 4) is 0 Å². The lowest BCUT2D eigenvalue weighted by atomic mass is 9.58. The molecule has 0 saturated heterocycles. The van der Waals surface area contributed by atoms with Crippen molar-refractivity contribution in [2.75, 3.05) is 11.6 Å². The van der Waals surface area contributed by atoms with Crippen molar-refractivity contribution in [3.63, 3.8) is 0 Å². The van der Waals surface area contributed by atoms with Crippen LogP contribution in [0.4, 0.5) is 19.0 Å². The van der Waals surface area contributed by atoms with Gasteiger partial charge in [-0.15, -0.1) is 11.8 Å². The van der Waals surface area contributed by atoms with Gasteiger partial charge in [-0.25, -0.2) is 9.97 Å². The van der Waals surface area contributed by atoms with Crippen molar-refractivity contribution in [1.82, 2.24) is 15.3 Å². The minimum atomic E-state index is -4.80. The number of carbonyl (C=O) groups is 1. The van der Waals surface area contributed by atoms with Gasteiger partial charge < -0.3 is 10.6 Å². The topological polar surface area (TPSA) is 66.9 Å². The van der Waals surface area contributed by atoms with Gasteiger partial charge in [-0.2, -0.15) is 13.2 Å². The minimum Gasteiger partial charge on any atom is -0.377 e. The van der Waals surface area contributed by atoms with Crippen LogP contribution in [0.3, 0.4) is 0 Å². The van der Waals surface area contributed by atoms with Gasteiger partial charge in [0.15, 0.2) is 0 Å². The Kier molecular flexibility index (Phi) is 7.03. The Bertz CT molecular complexity index is 953. The van der Waals surface area contributed by atoms with Gasteiger partial charge in [0.2, 0.25) is 5.82 Å². The van der Waals surface area contributed by atoms with Crippen molar-refractivity contribution in [2.45, 2.75) is 30.4 Å². The van der Waals surface area contributed by atoms with E-state index in [0.717, 1.165) is 19.0 Å². The highest BCUT2D eigenvalue weighted by Crippen LogP contribution is 2.34. The summed E-state index contributed by atoms with van der Waals surface area (Å²) in [7, 11) is 12.2. The molecule has 1 aliphatic rings. The Labute approximate surface area is 185 Å². The molecule has 3 rings (SSSR count). The average Bonchev–Trinajstić information content (AvgIpc) is 3.56. The molecule has 1 amide bonds. The highest BCUT2D eigenvalue weighted by Gasteiger charge is 2.37. The Morgan fingerprint density at radius 3 is 2.52 bits per heavy atom. The third kappa shape index (κ3) is 6.06. The Morgan fingerprint density at radius 1 is 1.26 bits per heavy atom. The van der Waals surface area contributed by atoms with E-state index in [1.165, 1.54) is 11.8 Å². The van der Waals surface area contributed by atoms with Crippen molar-refractivity contribution >= 4 is 39.2 Å². The molecule has 1 aromatic carbocycles. The van der Waals surface area contributed by atoms with Gasteiger partial charge in [0.05, 0.1) is 21.7 Å². The molecule has 11 heteroatoms. The number of amides is 1. The van der Waals surface area contributed by atoms with Crippen molar-refractivity contribution in [1.29, 1.82) is 0 Å². The first-order valence-electron chi connectivity index (χ1n) is 9.48. The number of carbonyl (C=O) groups excluding carboxylic acids is 1. The number of hydrogen-bond acceptors (Lipinski definition) is 5. The van der Waals surface area contributed by atoms with E-state index < -0.39 is 29.1 Å². The third-order valence-corrected chi connectivity index (χ3v) is 5.14. The maximum Gasteiger partial charge on any atom is 0.451 e. The third-order valence-electron chi connectivity index (χ3n) is 4.71. The molecule has 1 aliphatic carbocycles. The molecule has 0 bridgehead atoms. The lowest BCUT2D eigenvalue weighted by Gasteiger charge is -2.30. The highest BCUT2D eigenvalue weighted by atomic mass is 32.2. The zero-order valence-corrected chi connectivity index (χ0v) is 17.5. The van der Waals surface area contributed by atoms with Crippen LogP contribution in [-0.2, 0) is 11.5 Å². The van der Waals surface area contributed by atoms with Gasteiger partial charge in [-0.3, -0.25) is 4.79 Å². The lowest BCUT2D eigenvalue weighted by molar-refractivity contribution is -0.144. The van der Waals surface area contributed by atoms with Crippen LogP contribution in [0, 0.1) is 5.92 Å². The van der Waals surface area contributed by atoms with E-state index in [2.05, 4.69) is 20.6 Å². The summed E-state index contributed by atoms with van der Waals surface area (Å²) in [4.78, 5) is 19.8. The lowest BCUT2D eigenvalue weighted by Crippen LogP contribution is -2.39. The number of nitrogens with one attached hydrogen (secondary N) is 2. The standard InChI is InChI=1S/C20H19B2F3N4OS/c1-31-10-9-15(12-7-8-12)27-17(30)14-11-26-18(20(23,24)25)28-16(14)29-19(21,22)13-5-3-2-4-6-13/h2-6,9-12,15H,7-8H2,1H3,(H,27,30)(H,26,28,29)/b10-9+. The van der Waals surface area contributed by atoms with Gasteiger partial charge in [-0.05, 0) is 41.3 Å². The average molecular weight is 442 g/mol. The molecule has 5 nitrogen and oxygen atoms in total. The van der Waals surface area contributed by atoms with Gasteiger partial charge >= 0.3 is 6.18 Å². The van der Waals surface area contributed by atoms with Gasteiger partial charge in [0.25, 0.3) is 5.91 Å². The molecule has 158 valence electrons.